The summed E-state index contributed by atoms with van der Waals surface area (Å²) >= 11 is 0. The van der Waals surface area contributed by atoms with Crippen molar-refractivity contribution < 1.29 is 4.79 Å². The number of rotatable bonds is 3. The predicted molar refractivity (Wildman–Crippen MR) is 89.2 cm³/mol. The summed E-state index contributed by atoms with van der Waals surface area (Å²) < 4.78 is 1.74. The zero-order valence-corrected chi connectivity index (χ0v) is 14.3. The maximum Gasteiger partial charge on any atom is 0.256 e. The topological polar surface area (TPSA) is 55.2 Å². The maximum absolute atomic E-state index is 12.5. The molecule has 1 aromatic heterocycles. The average Bonchev–Trinajstić information content (AvgIpc) is 3.10. The van der Waals surface area contributed by atoms with Crippen molar-refractivity contribution in [2.24, 2.45) is 11.8 Å². The van der Waals surface area contributed by atoms with Crippen molar-refractivity contribution in [1.82, 2.24) is 14.5 Å². The van der Waals surface area contributed by atoms with Crippen LogP contribution in [-0.2, 0) is 11.3 Å². The van der Waals surface area contributed by atoms with E-state index in [0.29, 0.717) is 11.8 Å². The Bertz CT molecular complexity index is 624. The molecule has 2 fully saturated rings. The van der Waals surface area contributed by atoms with E-state index in [1.54, 1.807) is 10.9 Å². The zero-order valence-electron chi connectivity index (χ0n) is 14.3. The van der Waals surface area contributed by atoms with E-state index in [9.17, 15) is 9.59 Å². The summed E-state index contributed by atoms with van der Waals surface area (Å²) in [5.41, 5.74) is 1.62. The Hall–Kier alpha value is -1.65. The molecule has 0 spiro atoms. The lowest BCUT2D eigenvalue weighted by Gasteiger charge is -2.33. The summed E-state index contributed by atoms with van der Waals surface area (Å²) in [6, 6.07) is 0. The van der Waals surface area contributed by atoms with Gasteiger partial charge < -0.3 is 4.90 Å². The molecule has 0 aromatic carbocycles. The fourth-order valence-corrected chi connectivity index (χ4v) is 3.85. The Morgan fingerprint density at radius 3 is 2.48 bits per heavy atom. The third-order valence-electron chi connectivity index (χ3n) is 5.60. The summed E-state index contributed by atoms with van der Waals surface area (Å²) in [6.45, 7) is 6.11. The van der Waals surface area contributed by atoms with Crippen molar-refractivity contribution in [2.45, 2.75) is 58.9 Å². The molecule has 1 aliphatic heterocycles. The molecule has 126 valence electrons. The van der Waals surface area contributed by atoms with Crippen LogP contribution in [0.5, 0.6) is 0 Å². The van der Waals surface area contributed by atoms with Crippen molar-refractivity contribution in [1.29, 1.82) is 0 Å². The van der Waals surface area contributed by atoms with E-state index < -0.39 is 0 Å². The highest BCUT2D eigenvalue weighted by molar-refractivity contribution is 5.79. The minimum absolute atomic E-state index is 0.0713. The first-order chi connectivity index (χ1) is 11.1. The van der Waals surface area contributed by atoms with Gasteiger partial charge in [0.05, 0.1) is 6.33 Å². The lowest BCUT2D eigenvalue weighted by molar-refractivity contribution is -0.136. The van der Waals surface area contributed by atoms with Gasteiger partial charge in [0.1, 0.15) is 0 Å². The molecule has 2 heterocycles. The number of nitrogens with zero attached hydrogens (tertiary/aromatic N) is 3. The van der Waals surface area contributed by atoms with Crippen LogP contribution in [0.3, 0.4) is 0 Å². The minimum Gasteiger partial charge on any atom is -0.342 e. The van der Waals surface area contributed by atoms with Crippen LogP contribution in [0.1, 0.15) is 49.8 Å². The first-order valence-electron chi connectivity index (χ1n) is 8.87. The molecule has 5 nitrogen and oxygen atoms in total. The first-order valence-corrected chi connectivity index (χ1v) is 8.87. The van der Waals surface area contributed by atoms with E-state index >= 15 is 0 Å². The second-order valence-electron chi connectivity index (χ2n) is 7.16. The largest absolute Gasteiger partial charge is 0.342 e. The van der Waals surface area contributed by atoms with Crippen LogP contribution in [0, 0.1) is 25.7 Å². The van der Waals surface area contributed by atoms with Gasteiger partial charge in [-0.2, -0.15) is 0 Å². The number of piperidine rings is 1. The Labute approximate surface area is 137 Å². The Kier molecular flexibility index (Phi) is 4.83. The van der Waals surface area contributed by atoms with Crippen LogP contribution in [0.25, 0.3) is 0 Å². The highest BCUT2D eigenvalue weighted by Crippen LogP contribution is 2.28. The summed E-state index contributed by atoms with van der Waals surface area (Å²) in [6.07, 6.45) is 8.19. The summed E-state index contributed by atoms with van der Waals surface area (Å²) in [4.78, 5) is 31.1. The summed E-state index contributed by atoms with van der Waals surface area (Å²) in [5.74, 6) is 1.10. The maximum atomic E-state index is 12.5. The molecule has 1 amide bonds. The zero-order chi connectivity index (χ0) is 16.4. The highest BCUT2D eigenvalue weighted by atomic mass is 16.2. The van der Waals surface area contributed by atoms with Crippen molar-refractivity contribution >= 4 is 5.91 Å². The highest BCUT2D eigenvalue weighted by Gasteiger charge is 2.30. The lowest BCUT2D eigenvalue weighted by atomic mass is 9.95. The Morgan fingerprint density at radius 1 is 1.17 bits per heavy atom. The predicted octanol–water partition coefficient (Wildman–Crippen LogP) is 2.29. The summed E-state index contributed by atoms with van der Waals surface area (Å²) in [7, 11) is 0. The Morgan fingerprint density at radius 2 is 1.83 bits per heavy atom. The van der Waals surface area contributed by atoms with Crippen LogP contribution in [0.15, 0.2) is 11.1 Å². The summed E-state index contributed by atoms with van der Waals surface area (Å²) in [5, 5.41) is 0. The van der Waals surface area contributed by atoms with Gasteiger partial charge >= 0.3 is 0 Å². The van der Waals surface area contributed by atoms with Crippen molar-refractivity contribution in [3.8, 4) is 0 Å². The fourth-order valence-electron chi connectivity index (χ4n) is 3.85. The number of hydrogen-bond acceptors (Lipinski definition) is 3. The number of hydrogen-bond donors (Lipinski definition) is 0. The number of carbonyl (C=O) groups is 1. The van der Waals surface area contributed by atoms with Crippen molar-refractivity contribution in [2.75, 3.05) is 13.1 Å². The molecule has 1 saturated carbocycles. The number of likely N-dealkylation sites (tertiary alicyclic amines) is 1. The van der Waals surface area contributed by atoms with E-state index in [1.165, 1.54) is 12.8 Å². The van der Waals surface area contributed by atoms with E-state index in [1.807, 2.05) is 18.7 Å². The van der Waals surface area contributed by atoms with Gasteiger partial charge in [-0.25, -0.2) is 4.98 Å². The van der Waals surface area contributed by atoms with Gasteiger partial charge in [-0.3, -0.25) is 14.2 Å². The first kappa shape index (κ1) is 16.2. The van der Waals surface area contributed by atoms with E-state index in [4.69, 9.17) is 0 Å². The van der Waals surface area contributed by atoms with E-state index in [-0.39, 0.29) is 11.5 Å². The van der Waals surface area contributed by atoms with Crippen molar-refractivity contribution in [3.05, 3.63) is 27.9 Å². The molecule has 0 bridgehead atoms. The monoisotopic (exact) mass is 317 g/mol. The van der Waals surface area contributed by atoms with Gasteiger partial charge in [0.2, 0.25) is 5.91 Å². The molecule has 1 aromatic rings. The normalized spacial score (nSPS) is 20.2. The van der Waals surface area contributed by atoms with Gasteiger partial charge in [-0.15, -0.1) is 0 Å². The van der Waals surface area contributed by atoms with Gasteiger partial charge in [-0.05, 0) is 45.4 Å². The third kappa shape index (κ3) is 3.48. The van der Waals surface area contributed by atoms with Crippen LogP contribution in [0.2, 0.25) is 0 Å². The lowest BCUT2D eigenvalue weighted by Crippen LogP contribution is -2.42. The second kappa shape index (κ2) is 6.85. The number of carbonyl (C=O) groups excluding carboxylic acids is 1. The molecule has 2 aliphatic rings. The fraction of sp³-hybridized carbons (Fsp3) is 0.722. The van der Waals surface area contributed by atoms with Crippen LogP contribution in [-0.4, -0.2) is 33.4 Å². The molecule has 23 heavy (non-hydrogen) atoms. The second-order valence-corrected chi connectivity index (χ2v) is 7.16. The average molecular weight is 317 g/mol. The smallest absolute Gasteiger partial charge is 0.256 e. The van der Waals surface area contributed by atoms with Gasteiger partial charge in [0.25, 0.3) is 5.56 Å². The van der Waals surface area contributed by atoms with Crippen LogP contribution < -0.4 is 5.56 Å². The molecule has 3 rings (SSSR count). The molecular formula is C18H27N3O2. The SMILES string of the molecule is Cc1ncn(CC2CCN(C(=O)C3CCCC3)CC2)c(=O)c1C. The molecule has 5 heteroatoms. The molecular weight excluding hydrogens is 290 g/mol. The third-order valence-corrected chi connectivity index (χ3v) is 5.60. The molecule has 1 saturated heterocycles. The van der Waals surface area contributed by atoms with E-state index in [2.05, 4.69) is 4.98 Å². The molecule has 0 N–H and O–H groups in total. The molecule has 0 unspecified atom stereocenters. The van der Waals surface area contributed by atoms with Crippen LogP contribution >= 0.6 is 0 Å². The standard InChI is InChI=1S/C18H27N3O2/c1-13-14(2)19-12-21(17(13)22)11-15-7-9-20(10-8-15)18(23)16-5-3-4-6-16/h12,15-16H,3-11H2,1-2H3. The Balaban J connectivity index is 1.56. The van der Waals surface area contributed by atoms with Gasteiger partial charge in [-0.1, -0.05) is 12.8 Å². The molecule has 1 aliphatic carbocycles. The molecule has 0 atom stereocenters. The van der Waals surface area contributed by atoms with Crippen molar-refractivity contribution in [3.63, 3.8) is 0 Å². The number of aryl methyl sites for hydroxylation is 1. The quantitative estimate of drug-likeness (QED) is 0.859. The van der Waals surface area contributed by atoms with Gasteiger partial charge in [0.15, 0.2) is 0 Å². The van der Waals surface area contributed by atoms with E-state index in [0.717, 1.165) is 56.6 Å². The van der Waals surface area contributed by atoms with Crippen LogP contribution in [0.4, 0.5) is 0 Å². The number of aromatic nitrogens is 2. The molecule has 0 radical (unpaired) electrons. The number of amides is 1. The van der Waals surface area contributed by atoms with Gasteiger partial charge in [0, 0.05) is 36.8 Å². The minimum atomic E-state index is 0.0713.